The zero-order valence-electron chi connectivity index (χ0n) is 21.3. The maximum absolute atomic E-state index is 6.75. The third-order valence-electron chi connectivity index (χ3n) is 10.8. The van der Waals surface area contributed by atoms with Gasteiger partial charge in [-0.25, -0.2) is 0 Å². The summed E-state index contributed by atoms with van der Waals surface area (Å²) in [6.45, 7) is 11.9. The van der Waals surface area contributed by atoms with Crippen LogP contribution in [0.1, 0.15) is 91.4 Å². The first-order valence-corrected chi connectivity index (χ1v) is 14.0. The molecule has 2 heterocycles. The molecular weight excluding hydrogens is 398 g/mol. The van der Waals surface area contributed by atoms with Crippen LogP contribution in [0.5, 0.6) is 0 Å². The topological polar surface area (TPSA) is 30.9 Å². The first-order chi connectivity index (χ1) is 15.4. The van der Waals surface area contributed by atoms with Crippen molar-refractivity contribution >= 4 is 0 Å². The number of piperidine rings is 1. The van der Waals surface area contributed by atoms with Gasteiger partial charge in [0, 0.05) is 31.0 Å². The molecule has 3 saturated carbocycles. The number of likely N-dealkylation sites (tertiary alicyclic amines) is 1. The van der Waals surface area contributed by atoms with Gasteiger partial charge in [0.1, 0.15) is 0 Å². The molecule has 0 aromatic rings. The summed E-state index contributed by atoms with van der Waals surface area (Å²) in [7, 11) is 2.23. The molecule has 7 atom stereocenters. The number of hydrogen-bond donors (Lipinski definition) is 0. The summed E-state index contributed by atoms with van der Waals surface area (Å²) in [6, 6.07) is 0. The Labute approximate surface area is 197 Å². The number of hydrogen-bond acceptors (Lipinski definition) is 4. The second kappa shape index (κ2) is 9.47. The Bertz CT molecular complexity index is 628. The first-order valence-electron chi connectivity index (χ1n) is 14.0. The Morgan fingerprint density at radius 1 is 0.938 bits per heavy atom. The van der Waals surface area contributed by atoms with Crippen molar-refractivity contribution in [3.8, 4) is 0 Å². The third-order valence-corrected chi connectivity index (χ3v) is 10.8. The fourth-order valence-corrected chi connectivity index (χ4v) is 8.79. The Morgan fingerprint density at radius 3 is 2.44 bits per heavy atom. The monoisotopic (exact) mass is 447 g/mol. The van der Waals surface area contributed by atoms with E-state index in [1.807, 2.05) is 0 Å². The molecule has 4 heteroatoms. The largest absolute Gasteiger partial charge is 0.378 e. The predicted octanol–water partition coefficient (Wildman–Crippen LogP) is 5.89. The minimum atomic E-state index is 0.0705. The molecule has 4 nitrogen and oxygen atoms in total. The molecule has 0 aromatic carbocycles. The Hall–Kier alpha value is -0.160. The van der Waals surface area contributed by atoms with Crippen molar-refractivity contribution in [3.63, 3.8) is 0 Å². The highest BCUT2D eigenvalue weighted by atomic mass is 16.7. The molecule has 0 bridgehead atoms. The van der Waals surface area contributed by atoms with Crippen LogP contribution in [0.4, 0.5) is 0 Å². The molecule has 5 fully saturated rings. The first kappa shape index (κ1) is 23.6. The third kappa shape index (κ3) is 4.32. The summed E-state index contributed by atoms with van der Waals surface area (Å²) in [5, 5.41) is 0. The maximum Gasteiger partial charge on any atom is 0.160 e. The zero-order chi connectivity index (χ0) is 22.3. The van der Waals surface area contributed by atoms with Crippen LogP contribution in [0, 0.1) is 34.5 Å². The predicted molar refractivity (Wildman–Crippen MR) is 128 cm³/mol. The van der Waals surface area contributed by atoms with E-state index in [1.54, 1.807) is 0 Å². The van der Waals surface area contributed by atoms with E-state index in [2.05, 4.69) is 32.7 Å². The molecule has 0 radical (unpaired) electrons. The molecule has 5 rings (SSSR count). The van der Waals surface area contributed by atoms with Gasteiger partial charge in [-0.15, -0.1) is 0 Å². The zero-order valence-corrected chi connectivity index (χ0v) is 21.3. The van der Waals surface area contributed by atoms with E-state index in [4.69, 9.17) is 14.2 Å². The molecule has 2 aliphatic heterocycles. The van der Waals surface area contributed by atoms with Gasteiger partial charge in [0.2, 0.25) is 0 Å². The standard InChI is InChI=1S/C28H49NO3/c1-20-9-10-24-27(2,23(20)14-18-30-22-12-16-29(4)17-13-22)15-11-25-28(24,3)19-31-26(32-25)21-7-5-6-8-21/h20-26H,5-19H2,1-4H3/t20?,23-,24?,25-,26-,27+,28+/m1/s1. The van der Waals surface area contributed by atoms with Gasteiger partial charge in [0.15, 0.2) is 6.29 Å². The van der Waals surface area contributed by atoms with Crippen molar-refractivity contribution < 1.29 is 14.2 Å². The van der Waals surface area contributed by atoms with Crippen LogP contribution in [-0.4, -0.2) is 56.7 Å². The number of rotatable bonds is 5. The van der Waals surface area contributed by atoms with Crippen LogP contribution in [-0.2, 0) is 14.2 Å². The summed E-state index contributed by atoms with van der Waals surface area (Å²) in [5.41, 5.74) is 0.571. The van der Waals surface area contributed by atoms with E-state index in [0.29, 0.717) is 29.5 Å². The van der Waals surface area contributed by atoms with Gasteiger partial charge in [-0.05, 0) is 81.6 Å². The highest BCUT2D eigenvalue weighted by Crippen LogP contribution is 2.63. The van der Waals surface area contributed by atoms with Gasteiger partial charge in [-0.3, -0.25) is 0 Å². The summed E-state index contributed by atoms with van der Waals surface area (Å²) in [6.07, 6.45) is 15.1. The summed E-state index contributed by atoms with van der Waals surface area (Å²) in [5.74, 6) is 2.92. The van der Waals surface area contributed by atoms with E-state index in [1.165, 1.54) is 83.7 Å². The van der Waals surface area contributed by atoms with Crippen molar-refractivity contribution in [1.82, 2.24) is 4.90 Å². The lowest BCUT2D eigenvalue weighted by molar-refractivity contribution is -0.319. The van der Waals surface area contributed by atoms with E-state index in [9.17, 15) is 0 Å². The van der Waals surface area contributed by atoms with Gasteiger partial charge < -0.3 is 19.1 Å². The van der Waals surface area contributed by atoms with Crippen LogP contribution < -0.4 is 0 Å². The molecule has 32 heavy (non-hydrogen) atoms. The van der Waals surface area contributed by atoms with E-state index in [-0.39, 0.29) is 11.7 Å². The highest BCUT2D eigenvalue weighted by molar-refractivity contribution is 5.08. The maximum atomic E-state index is 6.75. The van der Waals surface area contributed by atoms with Crippen molar-refractivity contribution in [3.05, 3.63) is 0 Å². The second-order valence-corrected chi connectivity index (χ2v) is 12.8. The van der Waals surface area contributed by atoms with Crippen molar-refractivity contribution in [2.24, 2.45) is 34.5 Å². The van der Waals surface area contributed by atoms with E-state index >= 15 is 0 Å². The van der Waals surface area contributed by atoms with Crippen LogP contribution >= 0.6 is 0 Å². The molecule has 0 N–H and O–H groups in total. The highest BCUT2D eigenvalue weighted by Gasteiger charge is 2.60. The van der Waals surface area contributed by atoms with Gasteiger partial charge in [-0.1, -0.05) is 40.0 Å². The smallest absolute Gasteiger partial charge is 0.160 e. The average Bonchev–Trinajstić information content (AvgIpc) is 3.31. The van der Waals surface area contributed by atoms with Gasteiger partial charge in [0.25, 0.3) is 0 Å². The Morgan fingerprint density at radius 2 is 1.69 bits per heavy atom. The molecule has 2 saturated heterocycles. The Balaban J connectivity index is 1.23. The lowest BCUT2D eigenvalue weighted by Crippen LogP contribution is -2.62. The minimum absolute atomic E-state index is 0.0705. The molecule has 3 aliphatic carbocycles. The van der Waals surface area contributed by atoms with Crippen LogP contribution in [0.2, 0.25) is 0 Å². The lowest BCUT2D eigenvalue weighted by Gasteiger charge is -2.63. The fourth-order valence-electron chi connectivity index (χ4n) is 8.79. The summed E-state index contributed by atoms with van der Waals surface area (Å²) < 4.78 is 19.7. The van der Waals surface area contributed by atoms with Gasteiger partial charge in [-0.2, -0.15) is 0 Å². The van der Waals surface area contributed by atoms with Crippen molar-refractivity contribution in [2.45, 2.75) is 110 Å². The molecule has 0 spiro atoms. The van der Waals surface area contributed by atoms with E-state index < -0.39 is 0 Å². The van der Waals surface area contributed by atoms with Crippen LogP contribution in [0.25, 0.3) is 0 Å². The number of fused-ring (bicyclic) bond motifs is 3. The molecule has 2 unspecified atom stereocenters. The number of nitrogens with zero attached hydrogens (tertiary/aromatic N) is 1. The molecule has 184 valence electrons. The SMILES string of the molecule is CC1CCC2[C@]3(C)CO[C@@H](C4CCCC4)O[C@@H]3CC[C@@]2(C)[C@@H]1CCOC1CCN(C)CC1. The van der Waals surface area contributed by atoms with Gasteiger partial charge in [0.05, 0.1) is 18.8 Å². The quantitative estimate of drug-likeness (QED) is 0.526. The van der Waals surface area contributed by atoms with Crippen LogP contribution in [0.3, 0.4) is 0 Å². The summed E-state index contributed by atoms with van der Waals surface area (Å²) in [4.78, 5) is 2.43. The normalized spacial score (nSPS) is 46.7. The molecule has 0 aromatic heterocycles. The molecule has 0 amide bonds. The van der Waals surface area contributed by atoms with E-state index in [0.717, 1.165) is 25.0 Å². The van der Waals surface area contributed by atoms with Crippen molar-refractivity contribution in [2.75, 3.05) is 33.4 Å². The average molecular weight is 448 g/mol. The summed E-state index contributed by atoms with van der Waals surface area (Å²) >= 11 is 0. The minimum Gasteiger partial charge on any atom is -0.378 e. The molecule has 5 aliphatic rings. The fraction of sp³-hybridized carbons (Fsp3) is 1.00. The number of ether oxygens (including phenoxy) is 3. The Kier molecular flexibility index (Phi) is 6.98. The van der Waals surface area contributed by atoms with Crippen molar-refractivity contribution in [1.29, 1.82) is 0 Å². The second-order valence-electron chi connectivity index (χ2n) is 12.8. The van der Waals surface area contributed by atoms with Crippen LogP contribution in [0.15, 0.2) is 0 Å². The van der Waals surface area contributed by atoms with Gasteiger partial charge >= 0.3 is 0 Å². The lowest BCUT2D eigenvalue weighted by atomic mass is 9.45. The molecular formula is C28H49NO3.